The van der Waals surface area contributed by atoms with Gasteiger partial charge in [0.15, 0.2) is 0 Å². The number of nitrogens with one attached hydrogen (secondary N) is 2. The highest BCUT2D eigenvalue weighted by Crippen LogP contribution is 2.24. The number of amides is 1. The van der Waals surface area contributed by atoms with Gasteiger partial charge in [0.1, 0.15) is 5.82 Å². The second kappa shape index (κ2) is 6.01. The topological polar surface area (TPSA) is 84.3 Å². The lowest BCUT2D eigenvalue weighted by Gasteiger charge is -2.06. The van der Waals surface area contributed by atoms with Gasteiger partial charge in [0, 0.05) is 12.1 Å². The molecule has 1 amide bonds. The summed E-state index contributed by atoms with van der Waals surface area (Å²) in [5.41, 5.74) is -1.32. The highest BCUT2D eigenvalue weighted by molar-refractivity contribution is 5.92. The predicted octanol–water partition coefficient (Wildman–Crippen LogP) is 1.42. The molecule has 0 aromatic heterocycles. The van der Waals surface area contributed by atoms with Crippen molar-refractivity contribution < 1.29 is 18.5 Å². The smallest absolute Gasteiger partial charge is 0.307 e. The molecule has 0 atom stereocenters. The molecule has 1 aromatic carbocycles. The van der Waals surface area contributed by atoms with Gasteiger partial charge in [-0.2, -0.15) is 4.39 Å². The number of nitro groups is 1. The number of halogens is 2. The zero-order valence-corrected chi connectivity index (χ0v) is 9.50. The van der Waals surface area contributed by atoms with Crippen LogP contribution < -0.4 is 10.6 Å². The second-order valence-corrected chi connectivity index (χ2v) is 3.37. The number of nitro benzene ring substituents is 1. The molecule has 0 radical (unpaired) electrons. The number of anilines is 1. The zero-order valence-electron chi connectivity index (χ0n) is 9.50. The van der Waals surface area contributed by atoms with Gasteiger partial charge in [0.25, 0.3) is 0 Å². The van der Waals surface area contributed by atoms with E-state index in [0.29, 0.717) is 18.7 Å². The molecule has 0 fully saturated rings. The lowest BCUT2D eigenvalue weighted by Crippen LogP contribution is -2.28. The summed E-state index contributed by atoms with van der Waals surface area (Å²) in [5, 5.41) is 15.3. The zero-order chi connectivity index (χ0) is 13.7. The molecule has 0 aliphatic heterocycles. The van der Waals surface area contributed by atoms with Crippen molar-refractivity contribution in [3.05, 3.63) is 33.9 Å². The fraction of sp³-hybridized carbons (Fsp3) is 0.300. The molecule has 0 saturated carbocycles. The molecule has 0 spiro atoms. The van der Waals surface area contributed by atoms with Crippen molar-refractivity contribution in [3.63, 3.8) is 0 Å². The van der Waals surface area contributed by atoms with Gasteiger partial charge in [-0.05, 0) is 6.54 Å². The van der Waals surface area contributed by atoms with Crippen molar-refractivity contribution in [2.24, 2.45) is 0 Å². The third kappa shape index (κ3) is 3.45. The van der Waals surface area contributed by atoms with Crippen molar-refractivity contribution in [2.45, 2.75) is 6.92 Å². The van der Waals surface area contributed by atoms with E-state index < -0.39 is 33.8 Å². The van der Waals surface area contributed by atoms with Crippen LogP contribution in [0.25, 0.3) is 0 Å². The fourth-order valence-corrected chi connectivity index (χ4v) is 1.21. The normalized spacial score (nSPS) is 10.2. The summed E-state index contributed by atoms with van der Waals surface area (Å²) in [6, 6.07) is 1.01. The van der Waals surface area contributed by atoms with E-state index in [1.807, 2.05) is 0 Å². The first-order valence-corrected chi connectivity index (χ1v) is 5.09. The van der Waals surface area contributed by atoms with E-state index in [0.717, 1.165) is 0 Å². The predicted molar refractivity (Wildman–Crippen MR) is 60.2 cm³/mol. The standard InChI is InChI=1S/C10H11F2N3O3/c1-2-13-5-10(16)14-8-4-9(15(17)18)7(12)3-6(8)11/h3-4,13H,2,5H2,1H3,(H,14,16). The maximum Gasteiger partial charge on any atom is 0.307 e. The number of hydrogen-bond acceptors (Lipinski definition) is 4. The van der Waals surface area contributed by atoms with Crippen LogP contribution in [0.2, 0.25) is 0 Å². The quantitative estimate of drug-likeness (QED) is 0.618. The van der Waals surface area contributed by atoms with E-state index in [1.54, 1.807) is 6.92 Å². The summed E-state index contributed by atoms with van der Waals surface area (Å²) in [6.45, 7) is 2.25. The summed E-state index contributed by atoms with van der Waals surface area (Å²) in [5.74, 6) is -2.93. The van der Waals surface area contributed by atoms with Gasteiger partial charge in [0.05, 0.1) is 17.2 Å². The van der Waals surface area contributed by atoms with Crippen molar-refractivity contribution in [1.29, 1.82) is 0 Å². The van der Waals surface area contributed by atoms with E-state index in [2.05, 4.69) is 10.6 Å². The van der Waals surface area contributed by atoms with Crippen molar-refractivity contribution in [1.82, 2.24) is 5.32 Å². The Balaban J connectivity index is 2.92. The van der Waals surface area contributed by atoms with Gasteiger partial charge >= 0.3 is 5.69 Å². The SMILES string of the molecule is CCNCC(=O)Nc1cc([N+](=O)[O-])c(F)cc1F. The van der Waals surface area contributed by atoms with E-state index in [4.69, 9.17) is 0 Å². The van der Waals surface area contributed by atoms with Crippen LogP contribution >= 0.6 is 0 Å². The Kier molecular flexibility index (Phi) is 4.67. The first-order valence-electron chi connectivity index (χ1n) is 5.09. The first-order chi connectivity index (χ1) is 8.45. The molecule has 8 heteroatoms. The number of likely N-dealkylation sites (N-methyl/N-ethyl adjacent to an activating group) is 1. The van der Waals surface area contributed by atoms with Crippen LogP contribution in [0.4, 0.5) is 20.2 Å². The van der Waals surface area contributed by atoms with Gasteiger partial charge < -0.3 is 10.6 Å². The molecule has 98 valence electrons. The summed E-state index contributed by atoms with van der Waals surface area (Å²) < 4.78 is 26.3. The lowest BCUT2D eigenvalue weighted by atomic mass is 10.2. The van der Waals surface area contributed by atoms with Gasteiger partial charge in [-0.15, -0.1) is 0 Å². The molecule has 0 aliphatic carbocycles. The Morgan fingerprint density at radius 3 is 2.61 bits per heavy atom. The first kappa shape index (κ1) is 14.0. The molecule has 1 aromatic rings. The van der Waals surface area contributed by atoms with Crippen LogP contribution in [0, 0.1) is 21.7 Å². The van der Waals surface area contributed by atoms with E-state index in [9.17, 15) is 23.7 Å². The number of rotatable bonds is 5. The Morgan fingerprint density at radius 2 is 2.06 bits per heavy atom. The summed E-state index contributed by atoms with van der Waals surface area (Å²) >= 11 is 0. The summed E-state index contributed by atoms with van der Waals surface area (Å²) in [4.78, 5) is 20.8. The van der Waals surface area contributed by atoms with Crippen molar-refractivity contribution in [3.8, 4) is 0 Å². The van der Waals surface area contributed by atoms with Crippen LogP contribution in [0.3, 0.4) is 0 Å². The minimum Gasteiger partial charge on any atom is -0.322 e. The molecule has 18 heavy (non-hydrogen) atoms. The molecule has 0 heterocycles. The minimum atomic E-state index is -1.29. The number of carbonyl (C=O) groups is 1. The van der Waals surface area contributed by atoms with Crippen LogP contribution in [0.1, 0.15) is 6.92 Å². The Bertz CT molecular complexity index is 480. The Hall–Kier alpha value is -2.09. The van der Waals surface area contributed by atoms with Crippen LogP contribution in [0.15, 0.2) is 12.1 Å². The second-order valence-electron chi connectivity index (χ2n) is 3.37. The minimum absolute atomic E-state index is 0.0683. The third-order valence-corrected chi connectivity index (χ3v) is 2.04. The molecular formula is C10H11F2N3O3. The maximum absolute atomic E-state index is 13.3. The van der Waals surface area contributed by atoms with E-state index in [1.165, 1.54) is 0 Å². The number of hydrogen-bond donors (Lipinski definition) is 2. The van der Waals surface area contributed by atoms with Crippen molar-refractivity contribution >= 4 is 17.3 Å². The molecule has 0 aliphatic rings. The Morgan fingerprint density at radius 1 is 1.39 bits per heavy atom. The van der Waals surface area contributed by atoms with Gasteiger partial charge in [-0.3, -0.25) is 14.9 Å². The summed E-state index contributed by atoms with van der Waals surface area (Å²) in [7, 11) is 0. The molecule has 6 nitrogen and oxygen atoms in total. The molecule has 2 N–H and O–H groups in total. The van der Waals surface area contributed by atoms with Gasteiger partial charge in [0.2, 0.25) is 11.7 Å². The third-order valence-electron chi connectivity index (χ3n) is 2.04. The largest absolute Gasteiger partial charge is 0.322 e. The van der Waals surface area contributed by atoms with Crippen LogP contribution in [-0.2, 0) is 4.79 Å². The van der Waals surface area contributed by atoms with Crippen LogP contribution in [0.5, 0.6) is 0 Å². The summed E-state index contributed by atoms with van der Waals surface area (Å²) in [6.07, 6.45) is 0. The van der Waals surface area contributed by atoms with Gasteiger partial charge in [-0.1, -0.05) is 6.92 Å². The van der Waals surface area contributed by atoms with Crippen molar-refractivity contribution in [2.75, 3.05) is 18.4 Å². The highest BCUT2D eigenvalue weighted by atomic mass is 19.1. The molecule has 1 rings (SSSR count). The molecular weight excluding hydrogens is 248 g/mol. The van der Waals surface area contributed by atoms with E-state index in [-0.39, 0.29) is 6.54 Å². The maximum atomic E-state index is 13.3. The number of nitrogens with zero attached hydrogens (tertiary/aromatic N) is 1. The van der Waals surface area contributed by atoms with E-state index >= 15 is 0 Å². The van der Waals surface area contributed by atoms with Crippen LogP contribution in [-0.4, -0.2) is 23.9 Å². The number of carbonyl (C=O) groups excluding carboxylic acids is 1. The monoisotopic (exact) mass is 259 g/mol. The average Bonchev–Trinajstić information content (AvgIpc) is 2.29. The lowest BCUT2D eigenvalue weighted by molar-refractivity contribution is -0.387. The molecule has 0 saturated heterocycles. The molecule has 0 unspecified atom stereocenters. The van der Waals surface area contributed by atoms with Gasteiger partial charge in [-0.25, -0.2) is 4.39 Å². The fourth-order valence-electron chi connectivity index (χ4n) is 1.21. The molecule has 0 bridgehead atoms. The Labute approximate surface area is 101 Å². The average molecular weight is 259 g/mol. The highest BCUT2D eigenvalue weighted by Gasteiger charge is 2.19. The number of benzene rings is 1.